The van der Waals surface area contributed by atoms with Crippen LogP contribution in [0.3, 0.4) is 0 Å². The maximum Gasteiger partial charge on any atom is 0.328 e. The molecule has 3 aromatic rings. The summed E-state index contributed by atoms with van der Waals surface area (Å²) >= 11 is 4.74. The van der Waals surface area contributed by atoms with E-state index in [0.717, 1.165) is 41.4 Å². The molecule has 7 heteroatoms. The van der Waals surface area contributed by atoms with Crippen LogP contribution in [-0.2, 0) is 9.59 Å². The Balaban J connectivity index is 1.79. The van der Waals surface area contributed by atoms with Crippen molar-refractivity contribution in [2.75, 3.05) is 0 Å². The molecule has 0 aliphatic carbocycles. The van der Waals surface area contributed by atoms with Gasteiger partial charge in [-0.05, 0) is 48.6 Å². The third-order valence-electron chi connectivity index (χ3n) is 3.13. The summed E-state index contributed by atoms with van der Waals surface area (Å²) in [5.41, 5.74) is 0. The van der Waals surface area contributed by atoms with Gasteiger partial charge in [0.2, 0.25) is 0 Å². The lowest BCUT2D eigenvalue weighted by Crippen LogP contribution is -1.84. The van der Waals surface area contributed by atoms with E-state index in [1.165, 1.54) is 0 Å². The van der Waals surface area contributed by atoms with E-state index in [1.54, 1.807) is 46.2 Å². The molecule has 25 heavy (non-hydrogen) atoms. The van der Waals surface area contributed by atoms with Gasteiger partial charge in [0.1, 0.15) is 0 Å². The topological polar surface area (TPSA) is 74.6 Å². The number of hydrogen-bond donors (Lipinski definition) is 2. The van der Waals surface area contributed by atoms with Crippen LogP contribution in [0.4, 0.5) is 0 Å². The zero-order valence-corrected chi connectivity index (χ0v) is 15.2. The van der Waals surface area contributed by atoms with Crippen molar-refractivity contribution in [1.29, 1.82) is 0 Å². The Hall–Kier alpha value is -2.48. The van der Waals surface area contributed by atoms with Gasteiger partial charge in [0, 0.05) is 41.4 Å². The first-order valence-electron chi connectivity index (χ1n) is 7.13. The molecule has 3 rings (SSSR count). The molecule has 0 amide bonds. The summed E-state index contributed by atoms with van der Waals surface area (Å²) in [6, 6.07) is 11.9. The summed E-state index contributed by atoms with van der Waals surface area (Å²) in [5.74, 6) is -1.92. The largest absolute Gasteiger partial charge is 0.478 e. The normalized spacial score (nSPS) is 11.5. The molecule has 0 radical (unpaired) electrons. The summed E-state index contributed by atoms with van der Waals surface area (Å²) in [6.45, 7) is 0. The number of carboxylic acids is 2. The Morgan fingerprint density at radius 3 is 1.40 bits per heavy atom. The van der Waals surface area contributed by atoms with Crippen LogP contribution in [0.1, 0.15) is 9.75 Å². The van der Waals surface area contributed by atoms with Crippen LogP contribution in [0.2, 0.25) is 0 Å². The second-order valence-corrected chi connectivity index (χ2v) is 8.23. The molecule has 0 aliphatic rings. The smallest absolute Gasteiger partial charge is 0.328 e. The van der Waals surface area contributed by atoms with Crippen LogP contribution in [0.5, 0.6) is 0 Å². The van der Waals surface area contributed by atoms with Crippen LogP contribution in [0.25, 0.3) is 31.7 Å². The van der Waals surface area contributed by atoms with E-state index in [4.69, 9.17) is 10.2 Å². The van der Waals surface area contributed by atoms with Crippen molar-refractivity contribution in [2.24, 2.45) is 0 Å². The molecular formula is C18H12O4S3. The van der Waals surface area contributed by atoms with Gasteiger partial charge in [-0.1, -0.05) is 0 Å². The second-order valence-electron chi connectivity index (χ2n) is 4.91. The molecule has 0 aromatic carbocycles. The van der Waals surface area contributed by atoms with E-state index in [0.29, 0.717) is 0 Å². The summed E-state index contributed by atoms with van der Waals surface area (Å²) in [4.78, 5) is 27.4. The molecular weight excluding hydrogens is 376 g/mol. The van der Waals surface area contributed by atoms with E-state index in [-0.39, 0.29) is 0 Å². The SMILES string of the molecule is O=C(O)/C=C/c1ccc(-c2ccc(-c3ccc(/C=C/C(=O)O)s3)s2)s1. The van der Waals surface area contributed by atoms with Gasteiger partial charge in [0.05, 0.1) is 0 Å². The quantitative estimate of drug-likeness (QED) is 0.554. The van der Waals surface area contributed by atoms with E-state index < -0.39 is 11.9 Å². The molecule has 3 aromatic heterocycles. The van der Waals surface area contributed by atoms with Crippen LogP contribution >= 0.6 is 34.0 Å². The first-order chi connectivity index (χ1) is 12.0. The van der Waals surface area contributed by atoms with Crippen molar-refractivity contribution in [3.05, 3.63) is 58.3 Å². The molecule has 0 saturated heterocycles. The fourth-order valence-corrected chi connectivity index (χ4v) is 5.07. The predicted octanol–water partition coefficient (Wildman–Crippen LogP) is 5.40. The molecule has 0 atom stereocenters. The minimum atomic E-state index is -0.959. The van der Waals surface area contributed by atoms with E-state index in [9.17, 15) is 9.59 Å². The molecule has 0 bridgehead atoms. The van der Waals surface area contributed by atoms with Crippen molar-refractivity contribution < 1.29 is 19.8 Å². The van der Waals surface area contributed by atoms with Gasteiger partial charge < -0.3 is 10.2 Å². The average molecular weight is 388 g/mol. The number of rotatable bonds is 6. The number of aliphatic carboxylic acids is 2. The highest BCUT2D eigenvalue weighted by Gasteiger charge is 2.09. The third-order valence-corrected chi connectivity index (χ3v) is 6.70. The Morgan fingerprint density at radius 2 is 1.00 bits per heavy atom. The minimum absolute atomic E-state index is 0.893. The molecule has 4 nitrogen and oxygen atoms in total. The van der Waals surface area contributed by atoms with Crippen molar-refractivity contribution in [3.8, 4) is 19.5 Å². The van der Waals surface area contributed by atoms with Gasteiger partial charge in [-0.2, -0.15) is 0 Å². The lowest BCUT2D eigenvalue weighted by molar-refractivity contribution is -0.132. The zero-order valence-electron chi connectivity index (χ0n) is 12.7. The van der Waals surface area contributed by atoms with Crippen molar-refractivity contribution in [3.63, 3.8) is 0 Å². The first kappa shape index (κ1) is 17.3. The van der Waals surface area contributed by atoms with Crippen LogP contribution in [0, 0.1) is 0 Å². The van der Waals surface area contributed by atoms with Crippen molar-refractivity contribution >= 4 is 58.1 Å². The van der Waals surface area contributed by atoms with Gasteiger partial charge in [0.25, 0.3) is 0 Å². The van der Waals surface area contributed by atoms with E-state index in [2.05, 4.69) is 0 Å². The molecule has 126 valence electrons. The monoisotopic (exact) mass is 388 g/mol. The van der Waals surface area contributed by atoms with Crippen LogP contribution in [-0.4, -0.2) is 22.2 Å². The van der Waals surface area contributed by atoms with Crippen molar-refractivity contribution in [1.82, 2.24) is 0 Å². The van der Waals surface area contributed by atoms with Crippen LogP contribution in [0.15, 0.2) is 48.6 Å². The Bertz CT molecular complexity index is 895. The standard InChI is InChI=1S/C18H12O4S3/c19-17(20)9-3-11-1-5-13(23-11)15-7-8-16(25-15)14-6-2-12(24-14)4-10-18(21)22/h1-10H,(H,19,20)(H,21,22)/b9-3+,10-4+. The maximum absolute atomic E-state index is 10.6. The van der Waals surface area contributed by atoms with Gasteiger partial charge in [-0.3, -0.25) is 0 Å². The minimum Gasteiger partial charge on any atom is -0.478 e. The number of carboxylic acid groups (broad SMARTS) is 2. The molecule has 0 aliphatic heterocycles. The fraction of sp³-hybridized carbons (Fsp3) is 0. The Kier molecular flexibility index (Phi) is 5.28. The average Bonchev–Trinajstić information content (AvgIpc) is 3.29. The summed E-state index contributed by atoms with van der Waals surface area (Å²) < 4.78 is 0. The van der Waals surface area contributed by atoms with Gasteiger partial charge >= 0.3 is 11.9 Å². The third kappa shape index (κ3) is 4.54. The first-order valence-corrected chi connectivity index (χ1v) is 9.58. The summed E-state index contributed by atoms with van der Waals surface area (Å²) in [6.07, 6.45) is 5.44. The van der Waals surface area contributed by atoms with E-state index >= 15 is 0 Å². The highest BCUT2D eigenvalue weighted by Crippen LogP contribution is 2.40. The number of thiophene rings is 3. The zero-order chi connectivity index (χ0) is 17.8. The molecule has 0 unspecified atom stereocenters. The maximum atomic E-state index is 10.6. The lowest BCUT2D eigenvalue weighted by Gasteiger charge is -1.91. The summed E-state index contributed by atoms with van der Waals surface area (Å²) in [5, 5.41) is 17.4. The Labute approximate surface area is 155 Å². The highest BCUT2D eigenvalue weighted by molar-refractivity contribution is 7.26. The molecule has 0 fully saturated rings. The molecule has 3 heterocycles. The van der Waals surface area contributed by atoms with Gasteiger partial charge in [-0.25, -0.2) is 9.59 Å². The second kappa shape index (κ2) is 7.60. The number of hydrogen-bond acceptors (Lipinski definition) is 5. The van der Waals surface area contributed by atoms with Crippen molar-refractivity contribution in [2.45, 2.75) is 0 Å². The van der Waals surface area contributed by atoms with Crippen LogP contribution < -0.4 is 0 Å². The fourth-order valence-electron chi connectivity index (χ4n) is 2.06. The van der Waals surface area contributed by atoms with Gasteiger partial charge in [-0.15, -0.1) is 34.0 Å². The summed E-state index contributed by atoms with van der Waals surface area (Å²) in [7, 11) is 0. The highest BCUT2D eigenvalue weighted by atomic mass is 32.1. The van der Waals surface area contributed by atoms with E-state index in [1.807, 2.05) is 36.4 Å². The lowest BCUT2D eigenvalue weighted by atomic mass is 10.3. The molecule has 0 spiro atoms. The molecule has 0 saturated carbocycles. The molecule has 2 N–H and O–H groups in total. The number of carbonyl (C=O) groups is 2. The Morgan fingerprint density at radius 1 is 0.640 bits per heavy atom. The van der Waals surface area contributed by atoms with Gasteiger partial charge in [0.15, 0.2) is 0 Å². The predicted molar refractivity (Wildman–Crippen MR) is 104 cm³/mol.